The van der Waals surface area contributed by atoms with Crippen LogP contribution in [0.5, 0.6) is 0 Å². The third kappa shape index (κ3) is 16.3. The molecular weight excluding hydrogens is 248 g/mol. The lowest BCUT2D eigenvalue weighted by molar-refractivity contribution is -0.137. The van der Waals surface area contributed by atoms with Crippen LogP contribution < -0.4 is 0 Å². The highest BCUT2D eigenvalue weighted by Crippen LogP contribution is 2.05. The minimum Gasteiger partial charge on any atom is -0.481 e. The number of hydrogen-bond donors (Lipinski definition) is 1. The van der Waals surface area contributed by atoms with Gasteiger partial charge in [-0.3, -0.25) is 4.79 Å². The number of hydrogen-bond acceptors (Lipinski definition) is 1. The molecule has 0 unspecified atom stereocenters. The predicted octanol–water partition coefficient (Wildman–Crippen LogP) is 4.55. The molecule has 2 nitrogen and oxygen atoms in total. The van der Waals surface area contributed by atoms with E-state index >= 15 is 0 Å². The fourth-order valence-electron chi connectivity index (χ4n) is 1.69. The fourth-order valence-corrected chi connectivity index (χ4v) is 1.69. The van der Waals surface area contributed by atoms with Crippen LogP contribution in [0.15, 0.2) is 12.2 Å². The van der Waals surface area contributed by atoms with Crippen molar-refractivity contribution in [3.05, 3.63) is 12.2 Å². The summed E-state index contributed by atoms with van der Waals surface area (Å²) in [6.45, 7) is 2.23. The molecule has 0 radical (unpaired) electrons. The molecule has 1 N–H and O–H groups in total. The third-order valence-electron chi connectivity index (χ3n) is 2.84. The lowest BCUT2D eigenvalue weighted by atomic mass is 10.1. The number of rotatable bonds is 10. The standard InChI is InChI=1S/C18H26O2/c1-2-3-4-5-6-7-8-9-10-11-12-13-14-15-16-17-18(19)20/h13-14H,2-8,15-17H2,1H3,(H,19,20)/b14-13-. The normalized spacial score (nSPS) is 9.65. The molecule has 0 aliphatic heterocycles. The first-order valence-electron chi connectivity index (χ1n) is 7.62. The van der Waals surface area contributed by atoms with E-state index in [-0.39, 0.29) is 6.42 Å². The number of carboxylic acids is 1. The van der Waals surface area contributed by atoms with Crippen molar-refractivity contribution < 1.29 is 9.90 Å². The average Bonchev–Trinajstić information content (AvgIpc) is 2.43. The van der Waals surface area contributed by atoms with Crippen LogP contribution in [0.2, 0.25) is 0 Å². The second-order valence-corrected chi connectivity index (χ2v) is 4.78. The molecule has 0 saturated heterocycles. The van der Waals surface area contributed by atoms with Crippen LogP contribution in [0.25, 0.3) is 0 Å². The van der Waals surface area contributed by atoms with Crippen LogP contribution in [0.1, 0.15) is 71.1 Å². The van der Waals surface area contributed by atoms with Gasteiger partial charge in [-0.05, 0) is 37.2 Å². The summed E-state index contributed by atoms with van der Waals surface area (Å²) in [6.07, 6.45) is 14.0. The monoisotopic (exact) mass is 274 g/mol. The van der Waals surface area contributed by atoms with Crippen LogP contribution >= 0.6 is 0 Å². The van der Waals surface area contributed by atoms with Crippen LogP contribution in [-0.4, -0.2) is 11.1 Å². The molecule has 0 aromatic rings. The van der Waals surface area contributed by atoms with E-state index < -0.39 is 5.97 Å². The molecule has 0 fully saturated rings. The first-order valence-corrected chi connectivity index (χ1v) is 7.62. The van der Waals surface area contributed by atoms with Crippen LogP contribution in [-0.2, 0) is 4.79 Å². The maximum absolute atomic E-state index is 10.3. The van der Waals surface area contributed by atoms with Crippen molar-refractivity contribution in [2.24, 2.45) is 0 Å². The summed E-state index contributed by atoms with van der Waals surface area (Å²) < 4.78 is 0. The predicted molar refractivity (Wildman–Crippen MR) is 84.2 cm³/mol. The quantitative estimate of drug-likeness (QED) is 0.468. The number of carbonyl (C=O) groups is 1. The molecule has 0 amide bonds. The minimum atomic E-state index is -0.745. The summed E-state index contributed by atoms with van der Waals surface area (Å²) in [5, 5.41) is 8.45. The Hall–Kier alpha value is -1.67. The van der Waals surface area contributed by atoms with Gasteiger partial charge in [-0.2, -0.15) is 0 Å². The van der Waals surface area contributed by atoms with Gasteiger partial charge < -0.3 is 5.11 Å². The van der Waals surface area contributed by atoms with Crippen molar-refractivity contribution in [1.29, 1.82) is 0 Å². The summed E-state index contributed by atoms with van der Waals surface area (Å²) in [6, 6.07) is 0. The van der Waals surface area contributed by atoms with Gasteiger partial charge in [0.05, 0.1) is 0 Å². The number of allylic oxidation sites excluding steroid dienone is 2. The highest BCUT2D eigenvalue weighted by molar-refractivity contribution is 5.66. The molecule has 20 heavy (non-hydrogen) atoms. The molecule has 0 aliphatic carbocycles. The van der Waals surface area contributed by atoms with Gasteiger partial charge in [0, 0.05) is 12.8 Å². The lowest BCUT2D eigenvalue weighted by Gasteiger charge is -1.96. The van der Waals surface area contributed by atoms with Crippen LogP contribution in [0.3, 0.4) is 0 Å². The van der Waals surface area contributed by atoms with E-state index in [4.69, 9.17) is 5.11 Å². The maximum Gasteiger partial charge on any atom is 0.303 e. The molecule has 0 heterocycles. The minimum absolute atomic E-state index is 0.218. The van der Waals surface area contributed by atoms with Crippen molar-refractivity contribution in [3.63, 3.8) is 0 Å². The molecule has 0 aliphatic rings. The summed E-state index contributed by atoms with van der Waals surface area (Å²) in [5.74, 6) is 10.8. The van der Waals surface area contributed by atoms with Crippen molar-refractivity contribution in [2.75, 3.05) is 0 Å². The summed E-state index contributed by atoms with van der Waals surface area (Å²) in [4.78, 5) is 10.3. The number of aliphatic carboxylic acids is 1. The van der Waals surface area contributed by atoms with Gasteiger partial charge >= 0.3 is 5.97 Å². The second-order valence-electron chi connectivity index (χ2n) is 4.78. The van der Waals surface area contributed by atoms with E-state index in [2.05, 4.69) is 30.6 Å². The smallest absolute Gasteiger partial charge is 0.303 e. The van der Waals surface area contributed by atoms with Crippen molar-refractivity contribution in [1.82, 2.24) is 0 Å². The topological polar surface area (TPSA) is 37.3 Å². The Morgan fingerprint density at radius 3 is 2.55 bits per heavy atom. The zero-order chi connectivity index (χ0) is 14.9. The molecule has 0 bridgehead atoms. The van der Waals surface area contributed by atoms with Crippen molar-refractivity contribution in [2.45, 2.75) is 71.1 Å². The molecule has 110 valence electrons. The Morgan fingerprint density at radius 2 is 1.80 bits per heavy atom. The highest BCUT2D eigenvalue weighted by atomic mass is 16.4. The average molecular weight is 274 g/mol. The summed E-state index contributed by atoms with van der Waals surface area (Å²) in [7, 11) is 0. The van der Waals surface area contributed by atoms with Gasteiger partial charge in [0.15, 0.2) is 0 Å². The SMILES string of the molecule is CCCCCCCCC#CC#C/C=C\CCCC(=O)O. The fraction of sp³-hybridized carbons (Fsp3) is 0.611. The molecule has 0 spiro atoms. The Labute approximate surface area is 123 Å². The summed E-state index contributed by atoms with van der Waals surface area (Å²) in [5.41, 5.74) is 0. The first kappa shape index (κ1) is 18.3. The van der Waals surface area contributed by atoms with Gasteiger partial charge in [-0.1, -0.05) is 56.9 Å². The van der Waals surface area contributed by atoms with E-state index in [1.165, 1.54) is 38.5 Å². The Balaban J connectivity index is 3.45. The van der Waals surface area contributed by atoms with E-state index in [9.17, 15) is 4.79 Å². The van der Waals surface area contributed by atoms with Gasteiger partial charge in [0.2, 0.25) is 0 Å². The van der Waals surface area contributed by atoms with Gasteiger partial charge in [-0.25, -0.2) is 0 Å². The lowest BCUT2D eigenvalue weighted by Crippen LogP contribution is -1.92. The Kier molecular flexibility index (Phi) is 14.1. The van der Waals surface area contributed by atoms with Crippen LogP contribution in [0, 0.1) is 23.7 Å². The number of unbranched alkanes of at least 4 members (excludes halogenated alkanes) is 7. The van der Waals surface area contributed by atoms with E-state index in [1.807, 2.05) is 6.08 Å². The van der Waals surface area contributed by atoms with Gasteiger partial charge in [-0.15, -0.1) is 0 Å². The zero-order valence-electron chi connectivity index (χ0n) is 12.6. The zero-order valence-corrected chi connectivity index (χ0v) is 12.6. The third-order valence-corrected chi connectivity index (χ3v) is 2.84. The molecule has 0 rings (SSSR count). The maximum atomic E-state index is 10.3. The Bertz CT molecular complexity index is 385. The molecule has 0 aromatic carbocycles. The van der Waals surface area contributed by atoms with Crippen molar-refractivity contribution in [3.8, 4) is 23.7 Å². The molecule has 0 saturated carbocycles. The van der Waals surface area contributed by atoms with Gasteiger partial charge in [0.25, 0.3) is 0 Å². The molecule has 0 atom stereocenters. The molecular formula is C18H26O2. The highest BCUT2D eigenvalue weighted by Gasteiger charge is 1.92. The van der Waals surface area contributed by atoms with Crippen molar-refractivity contribution >= 4 is 5.97 Å². The summed E-state index contributed by atoms with van der Waals surface area (Å²) >= 11 is 0. The van der Waals surface area contributed by atoms with E-state index in [1.54, 1.807) is 6.08 Å². The number of carboxylic acid groups (broad SMARTS) is 1. The Morgan fingerprint density at radius 1 is 1.05 bits per heavy atom. The van der Waals surface area contributed by atoms with Gasteiger partial charge in [0.1, 0.15) is 0 Å². The molecule has 2 heteroatoms. The van der Waals surface area contributed by atoms with Crippen LogP contribution in [0.4, 0.5) is 0 Å². The largest absolute Gasteiger partial charge is 0.481 e. The molecule has 0 aromatic heterocycles. The first-order chi connectivity index (χ1) is 9.77. The van der Waals surface area contributed by atoms with E-state index in [0.717, 1.165) is 12.8 Å². The second kappa shape index (κ2) is 15.4. The van der Waals surface area contributed by atoms with E-state index in [0.29, 0.717) is 6.42 Å².